The fraction of sp³-hybridized carbons (Fsp3) is 0.632. The molecule has 1 aliphatic rings. The summed E-state index contributed by atoms with van der Waals surface area (Å²) in [5, 5.41) is 6.51. The Hall–Kier alpha value is -0.930. The van der Waals surface area contributed by atoms with E-state index in [2.05, 4.69) is 15.6 Å². The second kappa shape index (κ2) is 14.2. The molecule has 0 spiro atoms. The number of nitrogens with one attached hydrogen (secondary N) is 2. The third-order valence-electron chi connectivity index (χ3n) is 4.03. The summed E-state index contributed by atoms with van der Waals surface area (Å²) < 4.78 is 24.2. The molecule has 1 aromatic rings. The quantitative estimate of drug-likeness (QED) is 0.235. The Morgan fingerprint density at radius 3 is 3.00 bits per heavy atom. The van der Waals surface area contributed by atoms with E-state index in [1.165, 1.54) is 6.07 Å². The first-order valence-corrected chi connectivity index (χ1v) is 9.20. The Kier molecular flexibility index (Phi) is 12.6. The Balaban J connectivity index is 0.00000338. The second-order valence-electron chi connectivity index (χ2n) is 6.23. The van der Waals surface area contributed by atoms with Crippen molar-refractivity contribution in [3.8, 4) is 0 Å². The zero-order valence-electron chi connectivity index (χ0n) is 15.5. The largest absolute Gasteiger partial charge is 0.381 e. The normalized spacial score (nSPS) is 17.0. The highest BCUT2D eigenvalue weighted by atomic mass is 127. The molecule has 1 unspecified atom stereocenters. The maximum absolute atomic E-state index is 13.2. The topological polar surface area (TPSA) is 54.9 Å². The van der Waals surface area contributed by atoms with Crippen molar-refractivity contribution in [2.24, 2.45) is 10.9 Å². The summed E-state index contributed by atoms with van der Waals surface area (Å²) in [4.78, 5) is 4.55. The van der Waals surface area contributed by atoms with Crippen LogP contribution >= 0.6 is 24.0 Å². The van der Waals surface area contributed by atoms with Gasteiger partial charge < -0.3 is 20.1 Å². The van der Waals surface area contributed by atoms with E-state index in [0.29, 0.717) is 12.5 Å². The van der Waals surface area contributed by atoms with Gasteiger partial charge in [-0.3, -0.25) is 4.99 Å². The van der Waals surface area contributed by atoms with E-state index in [0.717, 1.165) is 70.3 Å². The number of halogens is 2. The number of hydrogen-bond donors (Lipinski definition) is 2. The van der Waals surface area contributed by atoms with Crippen molar-refractivity contribution in [1.82, 2.24) is 10.6 Å². The lowest BCUT2D eigenvalue weighted by Gasteiger charge is -2.12. The van der Waals surface area contributed by atoms with Gasteiger partial charge in [0.05, 0.1) is 13.2 Å². The van der Waals surface area contributed by atoms with E-state index in [-0.39, 0.29) is 29.8 Å². The molecule has 148 valence electrons. The molecular weight excluding hydrogens is 448 g/mol. The molecule has 1 aliphatic heterocycles. The van der Waals surface area contributed by atoms with Gasteiger partial charge in [0.25, 0.3) is 0 Å². The van der Waals surface area contributed by atoms with Crippen molar-refractivity contribution in [2.45, 2.75) is 26.2 Å². The monoisotopic (exact) mass is 479 g/mol. The lowest BCUT2D eigenvalue weighted by molar-refractivity contribution is 0.0893. The Labute approximate surface area is 173 Å². The standard InChI is InChI=1S/C19H30FN3O2.HI/c1-2-21-19(23-10-7-16-5-3-6-18(20)13-16)22-9-4-11-24-14-17-8-12-25-15-17;/h3,5-6,13,17H,2,4,7-12,14-15H2,1H3,(H2,21,22,23);1H. The molecule has 0 bridgehead atoms. The molecule has 2 N–H and O–H groups in total. The number of nitrogens with zero attached hydrogens (tertiary/aromatic N) is 1. The summed E-state index contributed by atoms with van der Waals surface area (Å²) in [5.41, 5.74) is 0.979. The van der Waals surface area contributed by atoms with E-state index >= 15 is 0 Å². The van der Waals surface area contributed by atoms with Crippen LogP contribution in [0.1, 0.15) is 25.3 Å². The molecule has 0 aromatic heterocycles. The lowest BCUT2D eigenvalue weighted by atomic mass is 10.1. The van der Waals surface area contributed by atoms with E-state index in [1.54, 1.807) is 12.1 Å². The molecular formula is C19H31FIN3O2. The maximum atomic E-state index is 13.2. The Morgan fingerprint density at radius 1 is 1.38 bits per heavy atom. The van der Waals surface area contributed by atoms with Gasteiger partial charge in [-0.2, -0.15) is 0 Å². The van der Waals surface area contributed by atoms with Gasteiger partial charge in [-0.15, -0.1) is 24.0 Å². The maximum Gasteiger partial charge on any atom is 0.191 e. The van der Waals surface area contributed by atoms with Gasteiger partial charge in [-0.25, -0.2) is 4.39 Å². The molecule has 0 saturated carbocycles. The van der Waals surface area contributed by atoms with Crippen molar-refractivity contribution in [1.29, 1.82) is 0 Å². The summed E-state index contributed by atoms with van der Waals surface area (Å²) in [5.74, 6) is 1.16. The molecule has 0 amide bonds. The molecule has 0 radical (unpaired) electrons. The zero-order chi connectivity index (χ0) is 17.7. The molecule has 26 heavy (non-hydrogen) atoms. The average Bonchev–Trinajstić information content (AvgIpc) is 3.11. The van der Waals surface area contributed by atoms with Crippen LogP contribution in [-0.4, -0.2) is 52.0 Å². The van der Waals surface area contributed by atoms with E-state index in [9.17, 15) is 4.39 Å². The van der Waals surface area contributed by atoms with Crippen LogP contribution in [0, 0.1) is 11.7 Å². The third kappa shape index (κ3) is 9.68. The number of aliphatic imine (C=N–C) groups is 1. The van der Waals surface area contributed by atoms with Gasteiger partial charge in [0.1, 0.15) is 5.82 Å². The Morgan fingerprint density at radius 2 is 2.27 bits per heavy atom. The highest BCUT2D eigenvalue weighted by Gasteiger charge is 2.15. The predicted octanol–water partition coefficient (Wildman–Crippen LogP) is 2.98. The minimum Gasteiger partial charge on any atom is -0.381 e. The van der Waals surface area contributed by atoms with Crippen molar-refractivity contribution in [3.05, 3.63) is 35.6 Å². The molecule has 1 aromatic carbocycles. The van der Waals surface area contributed by atoms with Crippen LogP contribution in [0.15, 0.2) is 29.3 Å². The van der Waals surface area contributed by atoms with Crippen molar-refractivity contribution >= 4 is 29.9 Å². The number of guanidine groups is 1. The SMILES string of the molecule is CCNC(=NCCCOCC1CCOC1)NCCc1cccc(F)c1.I. The molecule has 0 aliphatic carbocycles. The first kappa shape index (κ1) is 23.1. The molecule has 2 rings (SSSR count). The molecule has 5 nitrogen and oxygen atoms in total. The van der Waals surface area contributed by atoms with E-state index < -0.39 is 0 Å². The van der Waals surface area contributed by atoms with Gasteiger partial charge in [0, 0.05) is 38.8 Å². The first-order chi connectivity index (χ1) is 12.3. The van der Waals surface area contributed by atoms with Crippen molar-refractivity contribution in [3.63, 3.8) is 0 Å². The van der Waals surface area contributed by atoms with Crippen LogP contribution in [0.3, 0.4) is 0 Å². The van der Waals surface area contributed by atoms with Gasteiger partial charge in [0.2, 0.25) is 0 Å². The number of benzene rings is 1. The van der Waals surface area contributed by atoms with Gasteiger partial charge >= 0.3 is 0 Å². The molecule has 1 saturated heterocycles. The van der Waals surface area contributed by atoms with Crippen LogP contribution in [0.4, 0.5) is 4.39 Å². The smallest absolute Gasteiger partial charge is 0.191 e. The average molecular weight is 479 g/mol. The second-order valence-corrected chi connectivity index (χ2v) is 6.23. The van der Waals surface area contributed by atoms with Gasteiger partial charge in [-0.05, 0) is 43.9 Å². The lowest BCUT2D eigenvalue weighted by Crippen LogP contribution is -2.38. The predicted molar refractivity (Wildman–Crippen MR) is 114 cm³/mol. The molecule has 1 heterocycles. The summed E-state index contributed by atoms with van der Waals surface area (Å²) in [6.45, 7) is 7.49. The minimum absolute atomic E-state index is 0. The number of rotatable bonds is 10. The highest BCUT2D eigenvalue weighted by molar-refractivity contribution is 14.0. The van der Waals surface area contributed by atoms with Crippen LogP contribution in [-0.2, 0) is 15.9 Å². The third-order valence-corrected chi connectivity index (χ3v) is 4.03. The van der Waals surface area contributed by atoms with Crippen LogP contribution in [0.25, 0.3) is 0 Å². The van der Waals surface area contributed by atoms with E-state index in [4.69, 9.17) is 9.47 Å². The van der Waals surface area contributed by atoms with E-state index in [1.807, 2.05) is 13.0 Å². The zero-order valence-corrected chi connectivity index (χ0v) is 17.8. The van der Waals surface area contributed by atoms with Crippen molar-refractivity contribution in [2.75, 3.05) is 46.1 Å². The first-order valence-electron chi connectivity index (χ1n) is 9.20. The van der Waals surface area contributed by atoms with Gasteiger partial charge in [-0.1, -0.05) is 12.1 Å². The molecule has 1 atom stereocenters. The minimum atomic E-state index is -0.192. The van der Waals surface area contributed by atoms with Crippen molar-refractivity contribution < 1.29 is 13.9 Å². The molecule has 1 fully saturated rings. The van der Waals surface area contributed by atoms with Crippen LogP contribution in [0.5, 0.6) is 0 Å². The van der Waals surface area contributed by atoms with Crippen LogP contribution in [0.2, 0.25) is 0 Å². The van der Waals surface area contributed by atoms with Gasteiger partial charge in [0.15, 0.2) is 5.96 Å². The summed E-state index contributed by atoms with van der Waals surface area (Å²) in [6.07, 6.45) is 2.76. The molecule has 7 heteroatoms. The summed E-state index contributed by atoms with van der Waals surface area (Å²) in [7, 11) is 0. The fourth-order valence-corrected chi connectivity index (χ4v) is 2.68. The summed E-state index contributed by atoms with van der Waals surface area (Å²) in [6, 6.07) is 6.70. The highest BCUT2D eigenvalue weighted by Crippen LogP contribution is 2.12. The fourth-order valence-electron chi connectivity index (χ4n) is 2.68. The van der Waals surface area contributed by atoms with Crippen LogP contribution < -0.4 is 10.6 Å². The number of hydrogen-bond acceptors (Lipinski definition) is 3. The summed E-state index contributed by atoms with van der Waals surface area (Å²) >= 11 is 0. The Bertz CT molecular complexity index is 525. The number of ether oxygens (including phenoxy) is 2.